The number of benzene rings is 2. The summed E-state index contributed by atoms with van der Waals surface area (Å²) in [5.74, 6) is 0.0448. The highest BCUT2D eigenvalue weighted by Crippen LogP contribution is 2.42. The van der Waals surface area contributed by atoms with Crippen molar-refractivity contribution in [2.24, 2.45) is 11.0 Å². The number of amides is 2. The van der Waals surface area contributed by atoms with Gasteiger partial charge in [0.2, 0.25) is 0 Å². The summed E-state index contributed by atoms with van der Waals surface area (Å²) < 4.78 is 19.9. The van der Waals surface area contributed by atoms with Gasteiger partial charge in [-0.2, -0.15) is 5.10 Å². The van der Waals surface area contributed by atoms with Gasteiger partial charge in [0.1, 0.15) is 11.6 Å². The van der Waals surface area contributed by atoms with E-state index in [0.717, 1.165) is 18.5 Å². The lowest BCUT2D eigenvalue weighted by Gasteiger charge is -2.31. The lowest BCUT2D eigenvalue weighted by atomic mass is 9.86. The molecule has 2 aromatic carbocycles. The van der Waals surface area contributed by atoms with Crippen molar-refractivity contribution in [3.05, 3.63) is 65.5 Å². The third-order valence-electron chi connectivity index (χ3n) is 6.03. The Morgan fingerprint density at radius 3 is 2.72 bits per heavy atom. The molecule has 2 aliphatic heterocycles. The lowest BCUT2D eigenvalue weighted by molar-refractivity contribution is 0.131. The standard InChI is InChI=1S/C24H29FN4O3/c1-27(13-14-30)11-6-12-28(2)24(31)29-23(17-7-4-3-5-8-17)20-16-32-21-10-9-18(25)15-19(21)22(20)26-29/h3-5,7-10,15,20,23,30H,6,11-14,16H2,1-2H3. The number of aliphatic hydroxyl groups is 1. The summed E-state index contributed by atoms with van der Waals surface area (Å²) in [5, 5.41) is 15.3. The summed E-state index contributed by atoms with van der Waals surface area (Å²) in [6.45, 7) is 2.42. The Kier molecular flexibility index (Phi) is 6.72. The van der Waals surface area contributed by atoms with Crippen LogP contribution in [0.25, 0.3) is 0 Å². The lowest BCUT2D eigenvalue weighted by Crippen LogP contribution is -2.42. The van der Waals surface area contributed by atoms with Crippen molar-refractivity contribution < 1.29 is 19.0 Å². The molecule has 170 valence electrons. The van der Waals surface area contributed by atoms with Crippen molar-refractivity contribution >= 4 is 11.7 Å². The fourth-order valence-corrected chi connectivity index (χ4v) is 4.32. The van der Waals surface area contributed by atoms with Gasteiger partial charge in [-0.05, 0) is 43.8 Å². The molecule has 2 amide bonds. The molecule has 8 heteroatoms. The van der Waals surface area contributed by atoms with Gasteiger partial charge in [0, 0.05) is 25.7 Å². The smallest absolute Gasteiger partial charge is 0.340 e. The van der Waals surface area contributed by atoms with Crippen LogP contribution in [0.5, 0.6) is 5.75 Å². The minimum absolute atomic E-state index is 0.112. The van der Waals surface area contributed by atoms with E-state index in [9.17, 15) is 9.18 Å². The number of fused-ring (bicyclic) bond motifs is 3. The number of hydrogen-bond acceptors (Lipinski definition) is 5. The Hall–Kier alpha value is -2.97. The average molecular weight is 441 g/mol. The van der Waals surface area contributed by atoms with E-state index in [1.807, 2.05) is 42.3 Å². The van der Waals surface area contributed by atoms with Gasteiger partial charge in [0.15, 0.2) is 0 Å². The monoisotopic (exact) mass is 440 g/mol. The highest BCUT2D eigenvalue weighted by molar-refractivity contribution is 6.07. The van der Waals surface area contributed by atoms with Crippen LogP contribution in [-0.2, 0) is 0 Å². The number of carbonyl (C=O) groups excluding carboxylic acids is 1. The van der Waals surface area contributed by atoms with Crippen molar-refractivity contribution in [1.82, 2.24) is 14.8 Å². The van der Waals surface area contributed by atoms with E-state index < -0.39 is 0 Å². The fraction of sp³-hybridized carbons (Fsp3) is 0.417. The predicted octanol–water partition coefficient (Wildman–Crippen LogP) is 2.96. The molecule has 0 spiro atoms. The van der Waals surface area contributed by atoms with Crippen LogP contribution in [0, 0.1) is 11.7 Å². The molecule has 2 unspecified atom stereocenters. The molecule has 0 bridgehead atoms. The van der Waals surface area contributed by atoms with Crippen LogP contribution in [0.2, 0.25) is 0 Å². The zero-order chi connectivity index (χ0) is 22.7. The highest BCUT2D eigenvalue weighted by Gasteiger charge is 2.45. The number of carbonyl (C=O) groups is 1. The molecule has 0 aliphatic carbocycles. The van der Waals surface area contributed by atoms with Crippen molar-refractivity contribution in [2.45, 2.75) is 12.5 Å². The third-order valence-corrected chi connectivity index (χ3v) is 6.03. The number of rotatable bonds is 7. The Labute approximate surface area is 187 Å². The molecule has 4 rings (SSSR count). The summed E-state index contributed by atoms with van der Waals surface area (Å²) in [6.07, 6.45) is 0.778. The third kappa shape index (κ3) is 4.47. The second kappa shape index (κ2) is 9.67. The molecule has 0 fully saturated rings. The minimum Gasteiger partial charge on any atom is -0.492 e. The molecule has 2 aliphatic rings. The number of hydrogen-bond donors (Lipinski definition) is 1. The van der Waals surface area contributed by atoms with Crippen molar-refractivity contribution in [1.29, 1.82) is 0 Å². The number of halogens is 1. The first kappa shape index (κ1) is 22.2. The second-order valence-electron chi connectivity index (χ2n) is 8.33. The zero-order valence-electron chi connectivity index (χ0n) is 18.4. The summed E-state index contributed by atoms with van der Waals surface area (Å²) in [5.41, 5.74) is 2.25. The van der Waals surface area contributed by atoms with Crippen LogP contribution < -0.4 is 4.74 Å². The van der Waals surface area contributed by atoms with Gasteiger partial charge in [0.25, 0.3) is 0 Å². The zero-order valence-corrected chi connectivity index (χ0v) is 18.4. The van der Waals surface area contributed by atoms with Gasteiger partial charge in [-0.1, -0.05) is 30.3 Å². The van der Waals surface area contributed by atoms with E-state index in [-0.39, 0.29) is 30.4 Å². The van der Waals surface area contributed by atoms with Crippen LogP contribution in [0.1, 0.15) is 23.6 Å². The van der Waals surface area contributed by atoms with Gasteiger partial charge >= 0.3 is 6.03 Å². The Morgan fingerprint density at radius 1 is 1.19 bits per heavy atom. The van der Waals surface area contributed by atoms with E-state index >= 15 is 0 Å². The molecule has 2 aromatic rings. The number of likely N-dealkylation sites (N-methyl/N-ethyl adjacent to an activating group) is 1. The van der Waals surface area contributed by atoms with E-state index in [1.165, 1.54) is 17.1 Å². The maximum absolute atomic E-state index is 14.0. The molecule has 0 saturated carbocycles. The number of urea groups is 1. The molecule has 7 nitrogen and oxygen atoms in total. The van der Waals surface area contributed by atoms with E-state index in [4.69, 9.17) is 14.9 Å². The molecule has 32 heavy (non-hydrogen) atoms. The highest BCUT2D eigenvalue weighted by atomic mass is 19.1. The van der Waals surface area contributed by atoms with Crippen LogP contribution in [0.4, 0.5) is 9.18 Å². The minimum atomic E-state index is -0.360. The Bertz CT molecular complexity index is 984. The quantitative estimate of drug-likeness (QED) is 0.719. The SMILES string of the molecule is CN(CCO)CCCN(C)C(=O)N1N=C2c3cc(F)ccc3OCC2C1c1ccccc1. The molecular formula is C24H29FN4O3. The second-order valence-corrected chi connectivity index (χ2v) is 8.33. The van der Waals surface area contributed by atoms with Crippen molar-refractivity contribution in [3.8, 4) is 5.75 Å². The topological polar surface area (TPSA) is 68.6 Å². The summed E-state index contributed by atoms with van der Waals surface area (Å²) in [4.78, 5) is 17.1. The number of aliphatic hydroxyl groups excluding tert-OH is 1. The first-order chi connectivity index (χ1) is 15.5. The van der Waals surface area contributed by atoms with Crippen LogP contribution in [-0.4, -0.2) is 78.6 Å². The molecule has 0 radical (unpaired) electrons. The number of ether oxygens (including phenoxy) is 1. The van der Waals surface area contributed by atoms with E-state index in [0.29, 0.717) is 36.7 Å². The van der Waals surface area contributed by atoms with Gasteiger partial charge in [-0.15, -0.1) is 0 Å². The summed E-state index contributed by atoms with van der Waals surface area (Å²) in [7, 11) is 3.71. The van der Waals surface area contributed by atoms with Gasteiger partial charge in [-0.3, -0.25) is 0 Å². The van der Waals surface area contributed by atoms with E-state index in [1.54, 1.807) is 18.0 Å². The predicted molar refractivity (Wildman–Crippen MR) is 120 cm³/mol. The maximum atomic E-state index is 14.0. The fourth-order valence-electron chi connectivity index (χ4n) is 4.32. The largest absolute Gasteiger partial charge is 0.492 e. The molecule has 0 saturated heterocycles. The van der Waals surface area contributed by atoms with Gasteiger partial charge in [0.05, 0.1) is 30.9 Å². The number of hydrazone groups is 1. The normalized spacial score (nSPS) is 19.3. The Balaban J connectivity index is 1.59. The first-order valence-electron chi connectivity index (χ1n) is 10.9. The van der Waals surface area contributed by atoms with E-state index in [2.05, 4.69) is 0 Å². The molecular weight excluding hydrogens is 411 g/mol. The summed E-state index contributed by atoms with van der Waals surface area (Å²) in [6, 6.07) is 13.7. The molecule has 2 atom stereocenters. The average Bonchev–Trinajstić information content (AvgIpc) is 3.19. The van der Waals surface area contributed by atoms with Crippen molar-refractivity contribution in [3.63, 3.8) is 0 Å². The van der Waals surface area contributed by atoms with Gasteiger partial charge in [-0.25, -0.2) is 14.2 Å². The van der Waals surface area contributed by atoms with Crippen molar-refractivity contribution in [2.75, 3.05) is 46.9 Å². The number of nitrogens with zero attached hydrogens (tertiary/aromatic N) is 4. The summed E-state index contributed by atoms with van der Waals surface area (Å²) >= 11 is 0. The van der Waals surface area contributed by atoms with Crippen LogP contribution >= 0.6 is 0 Å². The van der Waals surface area contributed by atoms with Crippen LogP contribution in [0.15, 0.2) is 53.6 Å². The molecule has 1 N–H and O–H groups in total. The van der Waals surface area contributed by atoms with Crippen LogP contribution in [0.3, 0.4) is 0 Å². The first-order valence-corrected chi connectivity index (χ1v) is 10.9. The molecule has 2 heterocycles. The van der Waals surface area contributed by atoms with Gasteiger partial charge < -0.3 is 19.6 Å². The molecule has 0 aromatic heterocycles. The maximum Gasteiger partial charge on any atom is 0.340 e. The Morgan fingerprint density at radius 2 is 1.97 bits per heavy atom.